The molecule has 1 amide bonds. The van der Waals surface area contributed by atoms with Crippen molar-refractivity contribution in [3.05, 3.63) is 29.8 Å². The van der Waals surface area contributed by atoms with Crippen LogP contribution < -0.4 is 15.4 Å². The molecule has 23 heavy (non-hydrogen) atoms. The number of rotatable bonds is 7. The van der Waals surface area contributed by atoms with Crippen LogP contribution in [0.25, 0.3) is 0 Å². The van der Waals surface area contributed by atoms with Gasteiger partial charge in [0.05, 0.1) is 19.2 Å². The van der Waals surface area contributed by atoms with Crippen LogP contribution in [0.3, 0.4) is 0 Å². The molecule has 0 aromatic heterocycles. The molecule has 1 aromatic carbocycles. The standard InChI is InChI=1S/C17H28N4O2/c1-6-18-17(20-12-16(22)21(4)5)19-11-14-8-7-9-15(10-14)23-13(2)3/h7-10,13H,6,11-12H2,1-5H3,(H2,18,19,20). The van der Waals surface area contributed by atoms with Crippen molar-refractivity contribution < 1.29 is 9.53 Å². The van der Waals surface area contributed by atoms with E-state index in [4.69, 9.17) is 4.74 Å². The fraction of sp³-hybridized carbons (Fsp3) is 0.529. The summed E-state index contributed by atoms with van der Waals surface area (Å²) in [5.41, 5.74) is 1.05. The Balaban J connectivity index is 2.67. The molecular formula is C17H28N4O2. The summed E-state index contributed by atoms with van der Waals surface area (Å²) in [5, 5.41) is 6.17. The number of amides is 1. The maximum absolute atomic E-state index is 11.6. The topological polar surface area (TPSA) is 66.0 Å². The Morgan fingerprint density at radius 3 is 2.65 bits per heavy atom. The van der Waals surface area contributed by atoms with Gasteiger partial charge in [0.15, 0.2) is 5.96 Å². The number of guanidine groups is 1. The molecule has 1 rings (SSSR count). The summed E-state index contributed by atoms with van der Waals surface area (Å²) in [4.78, 5) is 17.7. The molecule has 0 unspecified atom stereocenters. The highest BCUT2D eigenvalue weighted by molar-refractivity contribution is 5.86. The fourth-order valence-electron chi connectivity index (χ4n) is 1.82. The van der Waals surface area contributed by atoms with E-state index in [1.165, 1.54) is 0 Å². The monoisotopic (exact) mass is 320 g/mol. The summed E-state index contributed by atoms with van der Waals surface area (Å²) >= 11 is 0. The van der Waals surface area contributed by atoms with Gasteiger partial charge in [0.2, 0.25) is 5.91 Å². The van der Waals surface area contributed by atoms with E-state index in [1.807, 2.05) is 45.0 Å². The smallest absolute Gasteiger partial charge is 0.241 e. The molecule has 2 N–H and O–H groups in total. The van der Waals surface area contributed by atoms with Crippen molar-refractivity contribution in [2.24, 2.45) is 4.99 Å². The van der Waals surface area contributed by atoms with Gasteiger partial charge in [-0.1, -0.05) is 12.1 Å². The lowest BCUT2D eigenvalue weighted by Gasteiger charge is -2.14. The van der Waals surface area contributed by atoms with Gasteiger partial charge in [0.25, 0.3) is 0 Å². The second-order valence-corrected chi connectivity index (χ2v) is 5.65. The second kappa shape index (κ2) is 9.71. The summed E-state index contributed by atoms with van der Waals surface area (Å²) in [7, 11) is 3.46. The highest BCUT2D eigenvalue weighted by Crippen LogP contribution is 2.15. The number of likely N-dealkylation sites (N-methyl/N-ethyl adjacent to an activating group) is 1. The van der Waals surface area contributed by atoms with E-state index in [0.29, 0.717) is 12.5 Å². The van der Waals surface area contributed by atoms with Crippen LogP contribution in [0.1, 0.15) is 26.3 Å². The van der Waals surface area contributed by atoms with Crippen LogP contribution in [-0.2, 0) is 11.3 Å². The number of nitrogens with zero attached hydrogens (tertiary/aromatic N) is 2. The quantitative estimate of drug-likeness (QED) is 0.592. The first kappa shape index (κ1) is 18.8. The summed E-state index contributed by atoms with van der Waals surface area (Å²) in [6.45, 7) is 7.45. The minimum atomic E-state index is 0.00272. The Labute approximate surface area is 138 Å². The number of aliphatic imine (C=N–C) groups is 1. The average molecular weight is 320 g/mol. The maximum atomic E-state index is 11.6. The fourth-order valence-corrected chi connectivity index (χ4v) is 1.82. The zero-order valence-corrected chi connectivity index (χ0v) is 14.7. The number of nitrogens with one attached hydrogen (secondary N) is 2. The van der Waals surface area contributed by atoms with E-state index >= 15 is 0 Å². The normalized spacial score (nSPS) is 11.3. The zero-order chi connectivity index (χ0) is 17.2. The SMILES string of the molecule is CCNC(=NCc1cccc(OC(C)C)c1)NCC(=O)N(C)C. The van der Waals surface area contributed by atoms with E-state index < -0.39 is 0 Å². The van der Waals surface area contributed by atoms with Crippen molar-refractivity contribution >= 4 is 11.9 Å². The van der Waals surface area contributed by atoms with Gasteiger partial charge in [-0.2, -0.15) is 0 Å². The summed E-state index contributed by atoms with van der Waals surface area (Å²) < 4.78 is 5.68. The molecule has 0 saturated carbocycles. The van der Waals surface area contributed by atoms with Gasteiger partial charge >= 0.3 is 0 Å². The maximum Gasteiger partial charge on any atom is 0.241 e. The summed E-state index contributed by atoms with van der Waals surface area (Å²) in [6, 6.07) is 7.88. The van der Waals surface area contributed by atoms with Crippen LogP contribution in [0, 0.1) is 0 Å². The Morgan fingerprint density at radius 1 is 1.30 bits per heavy atom. The predicted octanol–water partition coefficient (Wildman–Crippen LogP) is 1.62. The molecule has 0 aliphatic heterocycles. The molecule has 0 spiro atoms. The zero-order valence-electron chi connectivity index (χ0n) is 14.7. The molecule has 0 bridgehead atoms. The number of ether oxygens (including phenoxy) is 1. The Kier molecular flexibility index (Phi) is 7.94. The Morgan fingerprint density at radius 2 is 2.04 bits per heavy atom. The number of hydrogen-bond donors (Lipinski definition) is 2. The molecule has 0 heterocycles. The average Bonchev–Trinajstić information content (AvgIpc) is 2.49. The number of hydrogen-bond acceptors (Lipinski definition) is 3. The van der Waals surface area contributed by atoms with Crippen molar-refractivity contribution in [3.8, 4) is 5.75 Å². The van der Waals surface area contributed by atoms with Crippen molar-refractivity contribution in [2.75, 3.05) is 27.2 Å². The number of benzene rings is 1. The van der Waals surface area contributed by atoms with E-state index in [9.17, 15) is 4.79 Å². The first-order valence-electron chi connectivity index (χ1n) is 7.90. The predicted molar refractivity (Wildman–Crippen MR) is 93.7 cm³/mol. The van der Waals surface area contributed by atoms with Gasteiger partial charge in [0, 0.05) is 20.6 Å². The highest BCUT2D eigenvalue weighted by Gasteiger charge is 2.05. The third kappa shape index (κ3) is 7.54. The lowest BCUT2D eigenvalue weighted by Crippen LogP contribution is -2.42. The van der Waals surface area contributed by atoms with Crippen molar-refractivity contribution in [2.45, 2.75) is 33.4 Å². The lowest BCUT2D eigenvalue weighted by atomic mass is 10.2. The number of carbonyl (C=O) groups excluding carboxylic acids is 1. The Bertz CT molecular complexity index is 527. The van der Waals surface area contributed by atoms with Crippen molar-refractivity contribution in [1.29, 1.82) is 0 Å². The minimum Gasteiger partial charge on any atom is -0.491 e. The molecule has 0 fully saturated rings. The van der Waals surface area contributed by atoms with E-state index in [-0.39, 0.29) is 18.6 Å². The molecule has 0 aliphatic rings. The molecule has 0 saturated heterocycles. The van der Waals surface area contributed by atoms with Crippen LogP contribution in [0.4, 0.5) is 0 Å². The van der Waals surface area contributed by atoms with Gasteiger partial charge in [-0.15, -0.1) is 0 Å². The van der Waals surface area contributed by atoms with Crippen LogP contribution >= 0.6 is 0 Å². The van der Waals surface area contributed by atoms with Gasteiger partial charge in [-0.05, 0) is 38.5 Å². The largest absolute Gasteiger partial charge is 0.491 e. The van der Waals surface area contributed by atoms with Crippen LogP contribution in [0.2, 0.25) is 0 Å². The van der Waals surface area contributed by atoms with Crippen LogP contribution in [0.5, 0.6) is 5.75 Å². The molecule has 6 heteroatoms. The molecule has 6 nitrogen and oxygen atoms in total. The second-order valence-electron chi connectivity index (χ2n) is 5.65. The van der Waals surface area contributed by atoms with Gasteiger partial charge < -0.3 is 20.3 Å². The van der Waals surface area contributed by atoms with E-state index in [2.05, 4.69) is 15.6 Å². The molecule has 128 valence electrons. The summed E-state index contributed by atoms with van der Waals surface area (Å²) in [6.07, 6.45) is 0.143. The Hall–Kier alpha value is -2.24. The van der Waals surface area contributed by atoms with Gasteiger partial charge in [0.1, 0.15) is 5.75 Å². The summed E-state index contributed by atoms with van der Waals surface area (Å²) in [5.74, 6) is 1.47. The first-order chi connectivity index (χ1) is 10.9. The molecule has 0 aliphatic carbocycles. The van der Waals surface area contributed by atoms with Crippen LogP contribution in [-0.4, -0.2) is 50.1 Å². The lowest BCUT2D eigenvalue weighted by molar-refractivity contribution is -0.127. The third-order valence-corrected chi connectivity index (χ3v) is 2.94. The van der Waals surface area contributed by atoms with E-state index in [0.717, 1.165) is 17.9 Å². The van der Waals surface area contributed by atoms with E-state index in [1.54, 1.807) is 19.0 Å². The third-order valence-electron chi connectivity index (χ3n) is 2.94. The van der Waals surface area contributed by atoms with Gasteiger partial charge in [-0.25, -0.2) is 4.99 Å². The minimum absolute atomic E-state index is 0.00272. The van der Waals surface area contributed by atoms with Gasteiger partial charge in [-0.3, -0.25) is 4.79 Å². The van der Waals surface area contributed by atoms with Crippen LogP contribution in [0.15, 0.2) is 29.3 Å². The molecule has 1 aromatic rings. The first-order valence-corrected chi connectivity index (χ1v) is 7.90. The molecule has 0 radical (unpaired) electrons. The number of carbonyl (C=O) groups is 1. The highest BCUT2D eigenvalue weighted by atomic mass is 16.5. The van der Waals surface area contributed by atoms with Crippen molar-refractivity contribution in [1.82, 2.24) is 15.5 Å². The molecule has 0 atom stereocenters. The van der Waals surface area contributed by atoms with Crippen molar-refractivity contribution in [3.63, 3.8) is 0 Å². The molecular weight excluding hydrogens is 292 g/mol.